The van der Waals surface area contributed by atoms with Gasteiger partial charge in [0.05, 0.1) is 4.92 Å². The van der Waals surface area contributed by atoms with E-state index in [0.29, 0.717) is 0 Å². The van der Waals surface area contributed by atoms with Gasteiger partial charge in [0.1, 0.15) is 10.7 Å². The van der Waals surface area contributed by atoms with Crippen molar-refractivity contribution in [3.05, 3.63) is 62.9 Å². The third kappa shape index (κ3) is 3.56. The second kappa shape index (κ2) is 5.78. The molecule has 0 saturated heterocycles. The minimum absolute atomic E-state index is 0.0805. The van der Waals surface area contributed by atoms with Gasteiger partial charge in [-0.2, -0.15) is 0 Å². The van der Waals surface area contributed by atoms with Crippen molar-refractivity contribution in [3.63, 3.8) is 0 Å². The van der Waals surface area contributed by atoms with Gasteiger partial charge >= 0.3 is 0 Å². The Morgan fingerprint density at radius 2 is 1.76 bits per heavy atom. The van der Waals surface area contributed by atoms with Crippen LogP contribution in [-0.4, -0.2) is 13.3 Å². The van der Waals surface area contributed by atoms with E-state index in [-0.39, 0.29) is 20.7 Å². The smallest absolute Gasteiger partial charge is 0.269 e. The Bertz CT molecular complexity index is 793. The van der Waals surface area contributed by atoms with E-state index >= 15 is 0 Å². The molecule has 0 heterocycles. The van der Waals surface area contributed by atoms with E-state index in [1.54, 1.807) is 0 Å². The first kappa shape index (κ1) is 15.4. The van der Waals surface area contributed by atoms with Crippen LogP contribution in [0.5, 0.6) is 0 Å². The Labute approximate surface area is 127 Å². The van der Waals surface area contributed by atoms with Crippen LogP contribution in [0.3, 0.4) is 0 Å². The predicted octanol–water partition coefficient (Wildman–Crippen LogP) is 3.30. The molecule has 2 rings (SSSR count). The summed E-state index contributed by atoms with van der Waals surface area (Å²) in [7, 11) is -3.93. The van der Waals surface area contributed by atoms with Crippen LogP contribution in [0.4, 0.5) is 15.8 Å². The Hall–Kier alpha value is -2.00. The molecule has 2 aromatic carbocycles. The molecular weight excluding hydrogens is 367 g/mol. The molecule has 110 valence electrons. The van der Waals surface area contributed by atoms with E-state index in [1.165, 1.54) is 24.3 Å². The summed E-state index contributed by atoms with van der Waals surface area (Å²) in [5.74, 6) is -0.573. The fourth-order valence-electron chi connectivity index (χ4n) is 1.55. The predicted molar refractivity (Wildman–Crippen MR) is 78.0 cm³/mol. The van der Waals surface area contributed by atoms with Crippen molar-refractivity contribution in [2.75, 3.05) is 4.72 Å². The van der Waals surface area contributed by atoms with E-state index < -0.39 is 20.8 Å². The van der Waals surface area contributed by atoms with Gasteiger partial charge in [0.15, 0.2) is 0 Å². The number of halogens is 2. The molecular formula is C12H8BrFN2O4S. The summed E-state index contributed by atoms with van der Waals surface area (Å²) < 4.78 is 39.6. The van der Waals surface area contributed by atoms with E-state index in [9.17, 15) is 22.9 Å². The number of nitrogens with zero attached hydrogens (tertiary/aromatic N) is 1. The van der Waals surface area contributed by atoms with Crippen LogP contribution in [0.1, 0.15) is 0 Å². The van der Waals surface area contributed by atoms with E-state index in [2.05, 4.69) is 20.7 Å². The van der Waals surface area contributed by atoms with Gasteiger partial charge in [-0.3, -0.25) is 14.8 Å². The highest BCUT2D eigenvalue weighted by Crippen LogP contribution is 2.25. The first-order chi connectivity index (χ1) is 9.79. The van der Waals surface area contributed by atoms with E-state index in [4.69, 9.17) is 0 Å². The van der Waals surface area contributed by atoms with Crippen molar-refractivity contribution in [3.8, 4) is 0 Å². The Kier molecular flexibility index (Phi) is 4.24. The number of sulfonamides is 1. The summed E-state index contributed by atoms with van der Waals surface area (Å²) in [6.45, 7) is 0. The van der Waals surface area contributed by atoms with Crippen molar-refractivity contribution < 1.29 is 17.7 Å². The molecule has 0 atom stereocenters. The molecule has 0 aliphatic rings. The molecule has 6 nitrogen and oxygen atoms in total. The molecule has 0 saturated carbocycles. The van der Waals surface area contributed by atoms with Gasteiger partial charge in [-0.15, -0.1) is 0 Å². The average molecular weight is 375 g/mol. The topological polar surface area (TPSA) is 89.3 Å². The molecule has 0 fully saturated rings. The molecule has 0 aromatic heterocycles. The summed E-state index contributed by atoms with van der Waals surface area (Å²) in [5.41, 5.74) is 0.0118. The van der Waals surface area contributed by atoms with Crippen LogP contribution in [0, 0.1) is 15.9 Å². The maximum atomic E-state index is 13.0. The molecule has 1 N–H and O–H groups in total. The lowest BCUT2D eigenvalue weighted by atomic mass is 10.3. The Morgan fingerprint density at radius 3 is 2.29 bits per heavy atom. The number of hydrogen-bond acceptors (Lipinski definition) is 4. The molecule has 0 aliphatic heterocycles. The van der Waals surface area contributed by atoms with E-state index in [1.807, 2.05) is 0 Å². The average Bonchev–Trinajstić information content (AvgIpc) is 2.38. The number of non-ortho nitro benzene ring substituents is 1. The van der Waals surface area contributed by atoms with Crippen LogP contribution in [0.25, 0.3) is 0 Å². The lowest BCUT2D eigenvalue weighted by molar-refractivity contribution is -0.384. The number of rotatable bonds is 4. The zero-order valence-electron chi connectivity index (χ0n) is 10.3. The maximum Gasteiger partial charge on any atom is 0.269 e. The molecule has 21 heavy (non-hydrogen) atoms. The maximum absolute atomic E-state index is 13.0. The normalized spacial score (nSPS) is 11.1. The van der Waals surface area contributed by atoms with Gasteiger partial charge in [-0.25, -0.2) is 12.8 Å². The van der Waals surface area contributed by atoms with Crippen molar-refractivity contribution in [2.45, 2.75) is 4.90 Å². The number of benzene rings is 2. The summed E-state index contributed by atoms with van der Waals surface area (Å²) >= 11 is 2.98. The highest BCUT2D eigenvalue weighted by Gasteiger charge is 2.18. The van der Waals surface area contributed by atoms with Crippen LogP contribution >= 0.6 is 15.9 Å². The zero-order chi connectivity index (χ0) is 15.6. The van der Waals surface area contributed by atoms with Crippen LogP contribution in [0.15, 0.2) is 51.8 Å². The largest absolute Gasteiger partial charge is 0.280 e. The SMILES string of the molecule is O=[N+]([O-])c1ccc(NS(=O)(=O)c2ccc(F)cc2Br)cc1. The van der Waals surface area contributed by atoms with E-state index in [0.717, 1.165) is 18.2 Å². The quantitative estimate of drug-likeness (QED) is 0.656. The minimum Gasteiger partial charge on any atom is -0.280 e. The molecule has 2 aromatic rings. The van der Waals surface area contributed by atoms with Gasteiger partial charge in [0.25, 0.3) is 15.7 Å². The van der Waals surface area contributed by atoms with Crippen molar-refractivity contribution in [2.24, 2.45) is 0 Å². The molecule has 0 unspecified atom stereocenters. The lowest BCUT2D eigenvalue weighted by Gasteiger charge is -2.09. The minimum atomic E-state index is -3.93. The van der Waals surface area contributed by atoms with Gasteiger partial charge in [-0.1, -0.05) is 0 Å². The monoisotopic (exact) mass is 374 g/mol. The van der Waals surface area contributed by atoms with Crippen molar-refractivity contribution >= 4 is 37.3 Å². The molecule has 0 bridgehead atoms. The number of hydrogen-bond donors (Lipinski definition) is 1. The molecule has 0 radical (unpaired) electrons. The summed E-state index contributed by atoms with van der Waals surface area (Å²) in [6.07, 6.45) is 0. The number of anilines is 1. The van der Waals surface area contributed by atoms with Crippen LogP contribution in [-0.2, 0) is 10.0 Å². The van der Waals surface area contributed by atoms with Crippen molar-refractivity contribution in [1.82, 2.24) is 0 Å². The van der Waals surface area contributed by atoms with Gasteiger partial charge in [-0.05, 0) is 46.3 Å². The third-order valence-corrected chi connectivity index (χ3v) is 4.87. The third-order valence-electron chi connectivity index (χ3n) is 2.51. The summed E-state index contributed by atoms with van der Waals surface area (Å²) in [4.78, 5) is 9.80. The van der Waals surface area contributed by atoms with Gasteiger partial charge in [0, 0.05) is 22.3 Å². The first-order valence-corrected chi connectivity index (χ1v) is 7.79. The van der Waals surface area contributed by atoms with Gasteiger partial charge in [0.2, 0.25) is 0 Å². The first-order valence-electron chi connectivity index (χ1n) is 5.52. The Balaban J connectivity index is 2.30. The van der Waals surface area contributed by atoms with Crippen molar-refractivity contribution in [1.29, 1.82) is 0 Å². The lowest BCUT2D eigenvalue weighted by Crippen LogP contribution is -2.13. The number of nitrogens with one attached hydrogen (secondary N) is 1. The highest BCUT2D eigenvalue weighted by molar-refractivity contribution is 9.10. The fourth-order valence-corrected chi connectivity index (χ4v) is 3.66. The van der Waals surface area contributed by atoms with Crippen LogP contribution < -0.4 is 4.72 Å². The highest BCUT2D eigenvalue weighted by atomic mass is 79.9. The molecule has 0 amide bonds. The summed E-state index contributed by atoms with van der Waals surface area (Å²) in [6, 6.07) is 8.07. The standard InChI is InChI=1S/C12H8BrFN2O4S/c13-11-7-8(14)1-6-12(11)21(19,20)15-9-2-4-10(5-3-9)16(17)18/h1-7,15H. The summed E-state index contributed by atoms with van der Waals surface area (Å²) in [5, 5.41) is 10.5. The second-order valence-electron chi connectivity index (χ2n) is 3.98. The zero-order valence-corrected chi connectivity index (χ0v) is 12.7. The molecule has 9 heteroatoms. The van der Waals surface area contributed by atoms with Gasteiger partial charge < -0.3 is 0 Å². The number of nitro groups is 1. The Morgan fingerprint density at radius 1 is 1.14 bits per heavy atom. The second-order valence-corrected chi connectivity index (χ2v) is 6.49. The number of nitro benzene ring substituents is 1. The molecule has 0 aliphatic carbocycles. The fraction of sp³-hybridized carbons (Fsp3) is 0. The van der Waals surface area contributed by atoms with Crippen LogP contribution in [0.2, 0.25) is 0 Å². The molecule has 0 spiro atoms.